The molecule has 0 unspecified atom stereocenters. The highest BCUT2D eigenvalue weighted by atomic mass is 16.5. The van der Waals surface area contributed by atoms with E-state index in [0.717, 1.165) is 6.54 Å². The normalized spacial score (nSPS) is 10.4. The van der Waals surface area contributed by atoms with E-state index in [-0.39, 0.29) is 5.91 Å². The number of primary amides is 1. The van der Waals surface area contributed by atoms with Gasteiger partial charge in [0, 0.05) is 40.0 Å². The molecule has 0 atom stereocenters. The molecule has 1 aromatic rings. The third-order valence-electron chi connectivity index (χ3n) is 2.59. The third-order valence-corrected chi connectivity index (χ3v) is 2.59. The fourth-order valence-corrected chi connectivity index (χ4v) is 1.58. The van der Waals surface area contributed by atoms with E-state index in [1.807, 2.05) is 0 Å². The summed E-state index contributed by atoms with van der Waals surface area (Å²) in [6, 6.07) is 1.48. The summed E-state index contributed by atoms with van der Waals surface area (Å²) >= 11 is 0. The lowest BCUT2D eigenvalue weighted by Crippen LogP contribution is -2.33. The van der Waals surface area contributed by atoms with Crippen LogP contribution in [0.5, 0.6) is 0 Å². The number of nitrogens with one attached hydrogen (secondary N) is 2. The monoisotopic (exact) mass is 268 g/mol. The Morgan fingerprint density at radius 1 is 1.37 bits per heavy atom. The van der Waals surface area contributed by atoms with E-state index in [4.69, 9.17) is 10.5 Å². The van der Waals surface area contributed by atoms with Gasteiger partial charge in [-0.1, -0.05) is 0 Å². The number of rotatable bonds is 8. The maximum atomic E-state index is 11.9. The van der Waals surface area contributed by atoms with E-state index in [1.165, 1.54) is 12.3 Å². The van der Waals surface area contributed by atoms with Crippen molar-refractivity contribution >= 4 is 11.8 Å². The molecule has 0 aliphatic rings. The van der Waals surface area contributed by atoms with Gasteiger partial charge in [-0.2, -0.15) is 0 Å². The minimum absolute atomic E-state index is 0.233. The van der Waals surface area contributed by atoms with Crippen LogP contribution in [0.25, 0.3) is 0 Å². The molecular weight excluding hydrogens is 248 g/mol. The van der Waals surface area contributed by atoms with E-state index in [1.54, 1.807) is 18.7 Å². The van der Waals surface area contributed by atoms with Crippen LogP contribution in [0, 0.1) is 0 Å². The first-order valence-electron chi connectivity index (χ1n) is 6.00. The van der Waals surface area contributed by atoms with Gasteiger partial charge in [-0.25, -0.2) is 0 Å². The number of aryl methyl sites for hydroxylation is 1. The highest BCUT2D eigenvalue weighted by Crippen LogP contribution is 2.06. The molecule has 4 N–H and O–H groups in total. The smallest absolute Gasteiger partial charge is 0.267 e. The molecule has 0 radical (unpaired) electrons. The van der Waals surface area contributed by atoms with Gasteiger partial charge >= 0.3 is 0 Å². The number of nitrogens with two attached hydrogens (primary N) is 1. The van der Waals surface area contributed by atoms with Gasteiger partial charge < -0.3 is 25.7 Å². The molecule has 0 saturated heterocycles. The summed E-state index contributed by atoms with van der Waals surface area (Å²) in [4.78, 5) is 22.9. The van der Waals surface area contributed by atoms with Crippen molar-refractivity contribution in [3.8, 4) is 0 Å². The molecule has 0 bridgehead atoms. The zero-order valence-electron chi connectivity index (χ0n) is 11.2. The Morgan fingerprint density at radius 2 is 2.11 bits per heavy atom. The minimum atomic E-state index is -0.545. The summed E-state index contributed by atoms with van der Waals surface area (Å²) in [5, 5.41) is 5.86. The van der Waals surface area contributed by atoms with E-state index in [2.05, 4.69) is 10.6 Å². The molecule has 0 aliphatic carbocycles. The first-order valence-corrected chi connectivity index (χ1v) is 6.00. The Balaban J connectivity index is 2.39. The number of nitrogens with zero attached hydrogens (tertiary/aromatic N) is 1. The van der Waals surface area contributed by atoms with Crippen molar-refractivity contribution in [1.82, 2.24) is 15.2 Å². The van der Waals surface area contributed by atoms with Crippen molar-refractivity contribution in [2.24, 2.45) is 12.8 Å². The average molecular weight is 268 g/mol. The van der Waals surface area contributed by atoms with Crippen molar-refractivity contribution in [3.63, 3.8) is 0 Å². The highest BCUT2D eigenvalue weighted by Gasteiger charge is 2.13. The van der Waals surface area contributed by atoms with Gasteiger partial charge in [-0.3, -0.25) is 9.59 Å². The molecular formula is C12H20N4O3. The second-order valence-corrected chi connectivity index (χ2v) is 4.09. The highest BCUT2D eigenvalue weighted by molar-refractivity contribution is 5.98. The van der Waals surface area contributed by atoms with Crippen LogP contribution in [-0.2, 0) is 11.8 Å². The largest absolute Gasteiger partial charge is 0.383 e. The van der Waals surface area contributed by atoms with Gasteiger partial charge in [-0.05, 0) is 6.07 Å². The number of ether oxygens (including phenoxy) is 1. The Kier molecular flexibility index (Phi) is 6.04. The van der Waals surface area contributed by atoms with E-state index >= 15 is 0 Å². The minimum Gasteiger partial charge on any atom is -0.383 e. The van der Waals surface area contributed by atoms with Crippen molar-refractivity contribution in [2.45, 2.75) is 0 Å². The summed E-state index contributed by atoms with van der Waals surface area (Å²) in [6.07, 6.45) is 1.54. The van der Waals surface area contributed by atoms with Crippen LogP contribution >= 0.6 is 0 Å². The quantitative estimate of drug-likeness (QED) is 0.532. The van der Waals surface area contributed by atoms with Crippen molar-refractivity contribution in [3.05, 3.63) is 23.5 Å². The fraction of sp³-hybridized carbons (Fsp3) is 0.500. The summed E-state index contributed by atoms with van der Waals surface area (Å²) in [5.41, 5.74) is 5.89. The van der Waals surface area contributed by atoms with Crippen molar-refractivity contribution in [2.75, 3.05) is 33.4 Å². The fourth-order valence-electron chi connectivity index (χ4n) is 1.58. The van der Waals surface area contributed by atoms with Gasteiger partial charge in [0.05, 0.1) is 12.2 Å². The standard InChI is InChI=1S/C12H20N4O3/c1-16-8-9(11(13)17)7-10(16)12(18)15-4-3-14-5-6-19-2/h7-8,14H,3-6H2,1-2H3,(H2,13,17)(H,15,18). The number of hydrogen-bond acceptors (Lipinski definition) is 4. The summed E-state index contributed by atoms with van der Waals surface area (Å²) in [6.45, 7) is 2.53. The number of hydrogen-bond donors (Lipinski definition) is 3. The Morgan fingerprint density at radius 3 is 2.68 bits per heavy atom. The Bertz CT molecular complexity index is 442. The zero-order valence-corrected chi connectivity index (χ0v) is 11.2. The zero-order chi connectivity index (χ0) is 14.3. The van der Waals surface area contributed by atoms with Gasteiger partial charge in [0.15, 0.2) is 0 Å². The molecule has 1 aromatic heterocycles. The molecule has 7 nitrogen and oxygen atoms in total. The second-order valence-electron chi connectivity index (χ2n) is 4.09. The SMILES string of the molecule is COCCNCCNC(=O)c1cc(C(N)=O)cn1C. The average Bonchev–Trinajstić information content (AvgIpc) is 2.76. The molecule has 0 saturated carbocycles. The molecule has 2 amide bonds. The lowest BCUT2D eigenvalue weighted by molar-refractivity contribution is 0.0945. The number of aromatic nitrogens is 1. The maximum Gasteiger partial charge on any atom is 0.267 e. The Hall–Kier alpha value is -1.86. The summed E-state index contributed by atoms with van der Waals surface area (Å²) in [7, 11) is 3.33. The van der Waals surface area contributed by atoms with Crippen LogP contribution in [0.1, 0.15) is 20.8 Å². The molecule has 106 valence electrons. The lowest BCUT2D eigenvalue weighted by atomic mass is 10.3. The van der Waals surface area contributed by atoms with Crippen LogP contribution in [0.15, 0.2) is 12.3 Å². The number of methoxy groups -OCH3 is 1. The molecule has 0 aliphatic heterocycles. The van der Waals surface area contributed by atoms with E-state index < -0.39 is 5.91 Å². The first kappa shape index (κ1) is 15.2. The van der Waals surface area contributed by atoms with Crippen LogP contribution < -0.4 is 16.4 Å². The molecule has 0 spiro atoms. The van der Waals surface area contributed by atoms with Gasteiger partial charge in [0.25, 0.3) is 5.91 Å². The van der Waals surface area contributed by atoms with Gasteiger partial charge in [0.1, 0.15) is 5.69 Å². The van der Waals surface area contributed by atoms with E-state index in [9.17, 15) is 9.59 Å². The lowest BCUT2D eigenvalue weighted by Gasteiger charge is -2.07. The Labute approximate surface area is 112 Å². The van der Waals surface area contributed by atoms with Gasteiger partial charge in [-0.15, -0.1) is 0 Å². The van der Waals surface area contributed by atoms with Crippen molar-refractivity contribution in [1.29, 1.82) is 0 Å². The topological polar surface area (TPSA) is 98.4 Å². The molecule has 7 heteroatoms. The summed E-state index contributed by atoms with van der Waals surface area (Å²) in [5.74, 6) is -0.778. The third kappa shape index (κ3) is 4.72. The number of carbonyl (C=O) groups is 2. The number of amides is 2. The maximum absolute atomic E-state index is 11.9. The number of carbonyl (C=O) groups excluding carboxylic acids is 2. The van der Waals surface area contributed by atoms with Crippen molar-refractivity contribution < 1.29 is 14.3 Å². The molecule has 19 heavy (non-hydrogen) atoms. The van der Waals surface area contributed by atoms with E-state index in [0.29, 0.717) is 31.0 Å². The molecule has 0 fully saturated rings. The predicted molar refractivity (Wildman–Crippen MR) is 71.0 cm³/mol. The van der Waals surface area contributed by atoms with Crippen LogP contribution in [0.3, 0.4) is 0 Å². The summed E-state index contributed by atoms with van der Waals surface area (Å²) < 4.78 is 6.46. The predicted octanol–water partition coefficient (Wildman–Crippen LogP) is -0.910. The van der Waals surface area contributed by atoms with Crippen LogP contribution in [-0.4, -0.2) is 49.7 Å². The first-order chi connectivity index (χ1) is 9.06. The molecule has 0 aromatic carbocycles. The van der Waals surface area contributed by atoms with Gasteiger partial charge in [0.2, 0.25) is 5.91 Å². The van der Waals surface area contributed by atoms with Crippen LogP contribution in [0.4, 0.5) is 0 Å². The second kappa shape index (κ2) is 7.55. The molecule has 1 heterocycles. The molecule has 1 rings (SSSR count). The van der Waals surface area contributed by atoms with Crippen LogP contribution in [0.2, 0.25) is 0 Å².